The van der Waals surface area contributed by atoms with Crippen molar-refractivity contribution >= 4 is 0 Å². The van der Waals surface area contributed by atoms with Crippen molar-refractivity contribution in [2.45, 2.75) is 25.3 Å². The number of nitrogens with zero attached hydrogens (tertiary/aromatic N) is 1. The average molecular weight is 194 g/mol. The number of hydrogen-bond donors (Lipinski definition) is 3. The zero-order valence-corrected chi connectivity index (χ0v) is 8.42. The molecule has 1 aromatic rings. The van der Waals surface area contributed by atoms with E-state index in [0.717, 1.165) is 32.1 Å². The van der Waals surface area contributed by atoms with Gasteiger partial charge in [-0.15, -0.1) is 0 Å². The Balaban J connectivity index is 1.43. The van der Waals surface area contributed by atoms with Gasteiger partial charge in [0.05, 0.1) is 0 Å². The summed E-state index contributed by atoms with van der Waals surface area (Å²) in [6.07, 6.45) is 5.57. The first-order valence-electron chi connectivity index (χ1n) is 5.37. The van der Waals surface area contributed by atoms with Crippen LogP contribution in [0.4, 0.5) is 0 Å². The lowest BCUT2D eigenvalue weighted by molar-refractivity contribution is 0.606. The summed E-state index contributed by atoms with van der Waals surface area (Å²) >= 11 is 0. The molecule has 0 amide bonds. The minimum Gasteiger partial charge on any atom is -0.315 e. The molecule has 1 aliphatic carbocycles. The number of rotatable bonds is 7. The lowest BCUT2D eigenvalue weighted by Crippen LogP contribution is -2.29. The number of nitrogens with one attached hydrogen (secondary N) is 3. The van der Waals surface area contributed by atoms with Crippen molar-refractivity contribution in [3.05, 3.63) is 18.0 Å². The molecule has 3 N–H and O–H groups in total. The summed E-state index contributed by atoms with van der Waals surface area (Å²) in [5.41, 5.74) is 1.20. The van der Waals surface area contributed by atoms with Gasteiger partial charge in [-0.2, -0.15) is 5.10 Å². The lowest BCUT2D eigenvalue weighted by Gasteiger charge is -2.04. The van der Waals surface area contributed by atoms with Gasteiger partial charge in [-0.05, 0) is 18.9 Å². The fourth-order valence-electron chi connectivity index (χ4n) is 1.42. The topological polar surface area (TPSA) is 52.7 Å². The molecule has 4 nitrogen and oxygen atoms in total. The quantitative estimate of drug-likeness (QED) is 0.547. The first kappa shape index (κ1) is 9.68. The summed E-state index contributed by atoms with van der Waals surface area (Å²) in [6, 6.07) is 2.84. The Kier molecular flexibility index (Phi) is 3.54. The Morgan fingerprint density at radius 2 is 2.29 bits per heavy atom. The molecule has 1 heterocycles. The Morgan fingerprint density at radius 1 is 1.36 bits per heavy atom. The van der Waals surface area contributed by atoms with E-state index in [9.17, 15) is 0 Å². The Bertz CT molecular complexity index is 241. The van der Waals surface area contributed by atoms with Gasteiger partial charge in [0.25, 0.3) is 0 Å². The molecule has 0 atom stereocenters. The fourth-order valence-corrected chi connectivity index (χ4v) is 1.42. The Hall–Kier alpha value is -0.870. The molecule has 1 aliphatic rings. The van der Waals surface area contributed by atoms with Crippen LogP contribution in [0.2, 0.25) is 0 Å². The maximum absolute atomic E-state index is 3.90. The van der Waals surface area contributed by atoms with Crippen LogP contribution in [0.25, 0.3) is 0 Å². The monoisotopic (exact) mass is 194 g/mol. The molecule has 14 heavy (non-hydrogen) atoms. The van der Waals surface area contributed by atoms with Crippen LogP contribution in [0, 0.1) is 0 Å². The molecule has 1 saturated carbocycles. The van der Waals surface area contributed by atoms with Crippen LogP contribution >= 0.6 is 0 Å². The highest BCUT2D eigenvalue weighted by Crippen LogP contribution is 2.17. The van der Waals surface area contributed by atoms with E-state index in [4.69, 9.17) is 0 Å². The van der Waals surface area contributed by atoms with E-state index in [1.165, 1.54) is 18.5 Å². The third-order valence-electron chi connectivity index (χ3n) is 2.44. The number of aromatic amines is 1. The van der Waals surface area contributed by atoms with Gasteiger partial charge in [0.15, 0.2) is 0 Å². The van der Waals surface area contributed by atoms with E-state index in [2.05, 4.69) is 20.8 Å². The molecule has 0 unspecified atom stereocenters. The number of hydrogen-bond acceptors (Lipinski definition) is 3. The predicted molar refractivity (Wildman–Crippen MR) is 56.2 cm³/mol. The SMILES string of the molecule is c1cc(CCNCCNC2CC2)[nH]n1. The molecule has 0 radical (unpaired) electrons. The van der Waals surface area contributed by atoms with Gasteiger partial charge >= 0.3 is 0 Å². The van der Waals surface area contributed by atoms with Gasteiger partial charge < -0.3 is 10.6 Å². The van der Waals surface area contributed by atoms with Crippen LogP contribution in [-0.2, 0) is 6.42 Å². The second-order valence-corrected chi connectivity index (χ2v) is 3.81. The van der Waals surface area contributed by atoms with Crippen molar-refractivity contribution in [2.75, 3.05) is 19.6 Å². The van der Waals surface area contributed by atoms with E-state index >= 15 is 0 Å². The highest BCUT2D eigenvalue weighted by molar-refractivity contribution is 4.97. The predicted octanol–water partition coefficient (Wildman–Crippen LogP) is 0.294. The van der Waals surface area contributed by atoms with Crippen LogP contribution in [0.15, 0.2) is 12.3 Å². The summed E-state index contributed by atoms with van der Waals surface area (Å²) in [5.74, 6) is 0. The number of H-pyrrole nitrogens is 1. The highest BCUT2D eigenvalue weighted by atomic mass is 15.1. The molecule has 0 spiro atoms. The third kappa shape index (κ3) is 3.47. The van der Waals surface area contributed by atoms with Crippen molar-refractivity contribution in [3.63, 3.8) is 0 Å². The first-order valence-corrected chi connectivity index (χ1v) is 5.37. The second-order valence-electron chi connectivity index (χ2n) is 3.81. The average Bonchev–Trinajstić information content (AvgIpc) is 2.87. The van der Waals surface area contributed by atoms with Crippen molar-refractivity contribution < 1.29 is 0 Å². The smallest absolute Gasteiger partial charge is 0.0490 e. The van der Waals surface area contributed by atoms with Crippen molar-refractivity contribution in [1.82, 2.24) is 20.8 Å². The van der Waals surface area contributed by atoms with Crippen LogP contribution in [-0.4, -0.2) is 35.9 Å². The molecule has 2 rings (SSSR count). The van der Waals surface area contributed by atoms with Crippen LogP contribution < -0.4 is 10.6 Å². The summed E-state index contributed by atoms with van der Waals surface area (Å²) in [7, 11) is 0. The Labute approximate surface area is 84.5 Å². The molecular formula is C10H18N4. The van der Waals surface area contributed by atoms with Gasteiger partial charge in [-0.1, -0.05) is 0 Å². The van der Waals surface area contributed by atoms with Gasteiger partial charge in [0.1, 0.15) is 0 Å². The molecule has 0 bridgehead atoms. The van der Waals surface area contributed by atoms with E-state index in [-0.39, 0.29) is 0 Å². The second kappa shape index (κ2) is 5.12. The van der Waals surface area contributed by atoms with E-state index in [1.807, 2.05) is 6.07 Å². The van der Waals surface area contributed by atoms with Gasteiger partial charge in [-0.3, -0.25) is 5.10 Å². The molecule has 78 valence electrons. The van der Waals surface area contributed by atoms with Gasteiger partial charge in [-0.25, -0.2) is 0 Å². The van der Waals surface area contributed by atoms with Crippen molar-refractivity contribution in [3.8, 4) is 0 Å². The number of aromatic nitrogens is 2. The molecule has 1 fully saturated rings. The standard InChI is InChI=1S/C10H18N4/c1-2-9(1)12-8-7-11-5-3-10-4-6-13-14-10/h4,6,9,11-12H,1-3,5,7-8H2,(H,13,14). The normalized spacial score (nSPS) is 16.0. The van der Waals surface area contributed by atoms with E-state index in [1.54, 1.807) is 6.20 Å². The molecule has 0 saturated heterocycles. The minimum absolute atomic E-state index is 0.824. The maximum Gasteiger partial charge on any atom is 0.0490 e. The zero-order chi connectivity index (χ0) is 9.64. The van der Waals surface area contributed by atoms with E-state index < -0.39 is 0 Å². The van der Waals surface area contributed by atoms with Gasteiger partial charge in [0.2, 0.25) is 0 Å². The van der Waals surface area contributed by atoms with E-state index in [0.29, 0.717) is 0 Å². The van der Waals surface area contributed by atoms with Crippen LogP contribution in [0.5, 0.6) is 0 Å². The summed E-state index contributed by atoms with van der Waals surface area (Å²) in [6.45, 7) is 3.17. The first-order chi connectivity index (χ1) is 6.95. The molecule has 0 aromatic carbocycles. The minimum atomic E-state index is 0.824. The largest absolute Gasteiger partial charge is 0.315 e. The lowest BCUT2D eigenvalue weighted by atomic mass is 10.3. The highest BCUT2D eigenvalue weighted by Gasteiger charge is 2.19. The van der Waals surface area contributed by atoms with Crippen LogP contribution in [0.1, 0.15) is 18.5 Å². The summed E-state index contributed by atoms with van der Waals surface area (Å²) in [5, 5.41) is 13.7. The third-order valence-corrected chi connectivity index (χ3v) is 2.44. The summed E-state index contributed by atoms with van der Waals surface area (Å²) < 4.78 is 0. The van der Waals surface area contributed by atoms with Crippen LogP contribution in [0.3, 0.4) is 0 Å². The maximum atomic E-state index is 3.90. The molecule has 4 heteroatoms. The zero-order valence-electron chi connectivity index (χ0n) is 8.42. The molecular weight excluding hydrogens is 176 g/mol. The molecule has 0 aliphatic heterocycles. The summed E-state index contributed by atoms with van der Waals surface area (Å²) in [4.78, 5) is 0. The molecule has 1 aromatic heterocycles. The van der Waals surface area contributed by atoms with Crippen molar-refractivity contribution in [1.29, 1.82) is 0 Å². The fraction of sp³-hybridized carbons (Fsp3) is 0.700. The van der Waals surface area contributed by atoms with Crippen molar-refractivity contribution in [2.24, 2.45) is 0 Å². The van der Waals surface area contributed by atoms with Gasteiger partial charge in [0, 0.05) is 44.0 Å². The Morgan fingerprint density at radius 3 is 3.00 bits per heavy atom.